The Morgan fingerprint density at radius 1 is 1.12 bits per heavy atom. The highest BCUT2D eigenvalue weighted by Crippen LogP contribution is 2.31. The predicted molar refractivity (Wildman–Crippen MR) is 66.6 cm³/mol. The number of alkyl halides is 1. The van der Waals surface area contributed by atoms with Crippen molar-refractivity contribution in [3.63, 3.8) is 0 Å². The summed E-state index contributed by atoms with van der Waals surface area (Å²) in [5, 5.41) is 0. The minimum atomic E-state index is 0.281. The maximum absolute atomic E-state index is 11.9. The Kier molecular flexibility index (Phi) is 4.51. The zero-order valence-electron chi connectivity index (χ0n) is 9.96. The quantitative estimate of drug-likeness (QED) is 0.680. The van der Waals surface area contributed by atoms with Gasteiger partial charge in [-0.1, -0.05) is 19.3 Å². The maximum atomic E-state index is 11.9. The molecule has 0 radical (unpaired) electrons. The van der Waals surface area contributed by atoms with Crippen molar-refractivity contribution >= 4 is 17.5 Å². The van der Waals surface area contributed by atoms with Crippen LogP contribution in [0.15, 0.2) is 0 Å². The first-order valence-corrected chi connectivity index (χ1v) is 7.20. The summed E-state index contributed by atoms with van der Waals surface area (Å²) in [6, 6.07) is 0.553. The van der Waals surface area contributed by atoms with Crippen molar-refractivity contribution in [3.05, 3.63) is 0 Å². The first-order chi connectivity index (χ1) is 7.81. The van der Waals surface area contributed by atoms with Crippen LogP contribution in [-0.2, 0) is 4.79 Å². The molecular weight excluding hydrogens is 222 g/mol. The van der Waals surface area contributed by atoms with E-state index >= 15 is 0 Å². The molecule has 3 heteroatoms. The molecule has 16 heavy (non-hydrogen) atoms. The molecule has 2 rings (SSSR count). The molecule has 0 spiro atoms. The molecule has 0 atom stereocenters. The minimum absolute atomic E-state index is 0.281. The van der Waals surface area contributed by atoms with Crippen molar-refractivity contribution in [2.24, 2.45) is 5.92 Å². The average molecular weight is 244 g/mol. The zero-order valence-corrected chi connectivity index (χ0v) is 10.7. The van der Waals surface area contributed by atoms with Crippen molar-refractivity contribution in [2.75, 3.05) is 12.4 Å². The van der Waals surface area contributed by atoms with E-state index in [0.29, 0.717) is 18.3 Å². The second-order valence-corrected chi connectivity index (χ2v) is 5.60. The van der Waals surface area contributed by atoms with Gasteiger partial charge in [-0.05, 0) is 31.6 Å². The van der Waals surface area contributed by atoms with Gasteiger partial charge in [0.1, 0.15) is 0 Å². The predicted octanol–water partition coefficient (Wildman–Crippen LogP) is 3.19. The van der Waals surface area contributed by atoms with Crippen LogP contribution in [0, 0.1) is 5.92 Å². The van der Waals surface area contributed by atoms with Crippen LogP contribution in [0.2, 0.25) is 0 Å². The lowest BCUT2D eigenvalue weighted by Crippen LogP contribution is -2.37. The molecule has 0 aromatic carbocycles. The molecule has 0 saturated heterocycles. The van der Waals surface area contributed by atoms with E-state index in [-0.39, 0.29) is 5.91 Å². The van der Waals surface area contributed by atoms with E-state index in [2.05, 4.69) is 4.90 Å². The Hall–Kier alpha value is -0.240. The van der Waals surface area contributed by atoms with Crippen LogP contribution in [0.1, 0.15) is 51.4 Å². The molecule has 0 heterocycles. The Morgan fingerprint density at radius 3 is 2.38 bits per heavy atom. The molecule has 0 aromatic heterocycles. The number of hydrogen-bond acceptors (Lipinski definition) is 1. The fourth-order valence-corrected chi connectivity index (χ4v) is 2.87. The Morgan fingerprint density at radius 2 is 1.81 bits per heavy atom. The summed E-state index contributed by atoms with van der Waals surface area (Å²) < 4.78 is 0. The van der Waals surface area contributed by atoms with Gasteiger partial charge in [-0.15, -0.1) is 11.6 Å². The van der Waals surface area contributed by atoms with Gasteiger partial charge in [0, 0.05) is 24.9 Å². The monoisotopic (exact) mass is 243 g/mol. The summed E-state index contributed by atoms with van der Waals surface area (Å²) in [5.74, 6) is 1.50. The van der Waals surface area contributed by atoms with Crippen LogP contribution >= 0.6 is 11.6 Å². The number of carbonyl (C=O) groups is 1. The van der Waals surface area contributed by atoms with Gasteiger partial charge in [-0.3, -0.25) is 4.79 Å². The van der Waals surface area contributed by atoms with E-state index < -0.39 is 0 Å². The minimum Gasteiger partial charge on any atom is -0.339 e. The third-order valence-corrected chi connectivity index (χ3v) is 3.98. The zero-order chi connectivity index (χ0) is 11.4. The maximum Gasteiger partial charge on any atom is 0.224 e. The molecule has 2 nitrogen and oxygen atoms in total. The van der Waals surface area contributed by atoms with E-state index in [0.717, 1.165) is 12.5 Å². The van der Waals surface area contributed by atoms with Crippen molar-refractivity contribution in [3.8, 4) is 0 Å². The van der Waals surface area contributed by atoms with Gasteiger partial charge in [0.25, 0.3) is 0 Å². The molecule has 2 aliphatic rings. The normalized spacial score (nSPS) is 22.1. The Labute approximate surface area is 103 Å². The molecule has 2 aliphatic carbocycles. The molecule has 2 fully saturated rings. The van der Waals surface area contributed by atoms with E-state index in [1.807, 2.05) is 0 Å². The van der Waals surface area contributed by atoms with Gasteiger partial charge in [0.15, 0.2) is 0 Å². The van der Waals surface area contributed by atoms with Crippen LogP contribution in [0.25, 0.3) is 0 Å². The summed E-state index contributed by atoms with van der Waals surface area (Å²) >= 11 is 5.66. The highest BCUT2D eigenvalue weighted by molar-refractivity contribution is 6.18. The first-order valence-electron chi connectivity index (χ1n) is 6.66. The van der Waals surface area contributed by atoms with E-state index in [1.165, 1.54) is 44.9 Å². The lowest BCUT2D eigenvalue weighted by molar-refractivity contribution is -0.132. The van der Waals surface area contributed by atoms with Crippen molar-refractivity contribution < 1.29 is 4.79 Å². The van der Waals surface area contributed by atoms with Crippen molar-refractivity contribution in [1.82, 2.24) is 4.90 Å². The third kappa shape index (κ3) is 3.38. The molecule has 92 valence electrons. The summed E-state index contributed by atoms with van der Waals surface area (Å²) in [5.41, 5.74) is 0. The second-order valence-electron chi connectivity index (χ2n) is 5.22. The number of nitrogens with zero attached hydrogens (tertiary/aromatic N) is 1. The lowest BCUT2D eigenvalue weighted by Gasteiger charge is -2.30. The van der Waals surface area contributed by atoms with Crippen LogP contribution in [0.3, 0.4) is 0 Å². The molecule has 0 unspecified atom stereocenters. The Balaban J connectivity index is 1.83. The van der Waals surface area contributed by atoms with Crippen LogP contribution in [0.5, 0.6) is 0 Å². The topological polar surface area (TPSA) is 20.3 Å². The number of halogens is 1. The molecule has 0 aromatic rings. The van der Waals surface area contributed by atoms with Crippen molar-refractivity contribution in [2.45, 2.75) is 57.4 Å². The smallest absolute Gasteiger partial charge is 0.224 e. The Bertz CT molecular complexity index is 234. The van der Waals surface area contributed by atoms with Gasteiger partial charge >= 0.3 is 0 Å². The van der Waals surface area contributed by atoms with Gasteiger partial charge < -0.3 is 4.90 Å². The molecule has 2 saturated carbocycles. The molecule has 0 bridgehead atoms. The number of hydrogen-bond donors (Lipinski definition) is 0. The van der Waals surface area contributed by atoms with Gasteiger partial charge in [-0.25, -0.2) is 0 Å². The number of rotatable bonds is 5. The number of carbonyl (C=O) groups excluding carboxylic acids is 1. The summed E-state index contributed by atoms with van der Waals surface area (Å²) in [6.45, 7) is 1.00. The lowest BCUT2D eigenvalue weighted by atomic mass is 9.89. The summed E-state index contributed by atoms with van der Waals surface area (Å²) in [6.07, 6.45) is 9.66. The van der Waals surface area contributed by atoms with Gasteiger partial charge in [0.05, 0.1) is 0 Å². The fraction of sp³-hybridized carbons (Fsp3) is 0.923. The van der Waals surface area contributed by atoms with E-state index in [4.69, 9.17) is 11.6 Å². The second kappa shape index (κ2) is 5.90. The molecule has 0 N–H and O–H groups in total. The summed E-state index contributed by atoms with van der Waals surface area (Å²) in [7, 11) is 0. The van der Waals surface area contributed by atoms with Crippen molar-refractivity contribution in [1.29, 1.82) is 0 Å². The molecule has 1 amide bonds. The average Bonchev–Trinajstić information content (AvgIpc) is 3.11. The first kappa shape index (κ1) is 12.2. The summed E-state index contributed by atoms with van der Waals surface area (Å²) in [4.78, 5) is 14.1. The van der Waals surface area contributed by atoms with Gasteiger partial charge in [0.2, 0.25) is 5.91 Å². The highest BCUT2D eigenvalue weighted by Gasteiger charge is 2.33. The third-order valence-electron chi connectivity index (χ3n) is 3.80. The standard InChI is InChI=1S/C13H22ClNO/c14-9-8-13(16)15(12-6-7-12)10-11-4-2-1-3-5-11/h11-12H,1-10H2. The largest absolute Gasteiger partial charge is 0.339 e. The fourth-order valence-electron chi connectivity index (χ4n) is 2.71. The molecule has 0 aliphatic heterocycles. The van der Waals surface area contributed by atoms with E-state index in [9.17, 15) is 4.79 Å². The highest BCUT2D eigenvalue weighted by atomic mass is 35.5. The number of amides is 1. The van der Waals surface area contributed by atoms with E-state index in [1.54, 1.807) is 0 Å². The molecular formula is C13H22ClNO. The van der Waals surface area contributed by atoms with Gasteiger partial charge in [-0.2, -0.15) is 0 Å². The van der Waals surface area contributed by atoms with Crippen LogP contribution in [-0.4, -0.2) is 29.3 Å². The van der Waals surface area contributed by atoms with Crippen LogP contribution in [0.4, 0.5) is 0 Å². The SMILES string of the molecule is O=C(CCCl)N(CC1CCCCC1)C1CC1. The van der Waals surface area contributed by atoms with Crippen LogP contribution < -0.4 is 0 Å².